The smallest absolute Gasteiger partial charge is 0.319 e. The first-order chi connectivity index (χ1) is 14.0. The second kappa shape index (κ2) is 8.13. The summed E-state index contributed by atoms with van der Waals surface area (Å²) < 4.78 is 28.4. The van der Waals surface area contributed by atoms with Gasteiger partial charge in [-0.25, -0.2) is 13.6 Å². The number of carbonyl (C=O) groups excluding carboxylic acids is 1. The number of halogens is 2. The Bertz CT molecular complexity index is 870. The number of benzene rings is 2. The fraction of sp³-hybridized carbons (Fsp3) is 0.458. The van der Waals surface area contributed by atoms with Crippen molar-refractivity contribution < 1.29 is 13.6 Å². The van der Waals surface area contributed by atoms with Crippen LogP contribution in [0.2, 0.25) is 0 Å². The van der Waals surface area contributed by atoms with E-state index in [2.05, 4.69) is 26.0 Å². The van der Waals surface area contributed by atoms with Crippen LogP contribution in [-0.2, 0) is 0 Å². The lowest BCUT2D eigenvalue weighted by Gasteiger charge is -2.33. The molecule has 2 aromatic rings. The Balaban J connectivity index is 1.83. The van der Waals surface area contributed by atoms with E-state index in [0.717, 1.165) is 31.7 Å². The standard InChI is InChI=1S/C24H28F2N2O/c1-16(2)15-27-22-11-7-6-10-19(17-8-4-3-5-9-17)23(22)28(24(27)29)21-13-12-18(25)14-20(21)26/h3-5,8-9,12-14,16,19,22-23H,6-7,10-11,15H2,1-2H3/t19-,22-,23+/m0/s1. The van der Waals surface area contributed by atoms with E-state index < -0.39 is 11.6 Å². The maximum atomic E-state index is 14.8. The van der Waals surface area contributed by atoms with Gasteiger partial charge in [0.15, 0.2) is 0 Å². The summed E-state index contributed by atoms with van der Waals surface area (Å²) >= 11 is 0. The summed E-state index contributed by atoms with van der Waals surface area (Å²) in [5, 5.41) is 0. The van der Waals surface area contributed by atoms with Gasteiger partial charge in [-0.1, -0.05) is 57.0 Å². The van der Waals surface area contributed by atoms with Crippen LogP contribution in [0.1, 0.15) is 51.0 Å². The summed E-state index contributed by atoms with van der Waals surface area (Å²) in [4.78, 5) is 17.1. The normalized spacial score (nSPS) is 24.7. The number of anilines is 1. The SMILES string of the molecule is CC(C)CN1C(=O)N(c2ccc(F)cc2F)[C@@H]2[C@H](c3ccccc3)CCCC[C@@H]21. The summed E-state index contributed by atoms with van der Waals surface area (Å²) in [6.45, 7) is 4.82. The molecule has 1 aliphatic carbocycles. The second-order valence-corrected chi connectivity index (χ2v) is 8.65. The molecule has 1 heterocycles. The Morgan fingerprint density at radius 1 is 1.03 bits per heavy atom. The first kappa shape index (κ1) is 19.9. The maximum Gasteiger partial charge on any atom is 0.325 e. The number of fused-ring (bicyclic) bond motifs is 1. The van der Waals surface area contributed by atoms with E-state index in [1.165, 1.54) is 17.7 Å². The van der Waals surface area contributed by atoms with E-state index in [-0.39, 0.29) is 29.7 Å². The van der Waals surface area contributed by atoms with Crippen molar-refractivity contribution in [3.63, 3.8) is 0 Å². The van der Waals surface area contributed by atoms with Gasteiger partial charge in [0.25, 0.3) is 0 Å². The van der Waals surface area contributed by atoms with E-state index in [1.807, 2.05) is 23.1 Å². The van der Waals surface area contributed by atoms with Crippen LogP contribution in [0.4, 0.5) is 19.3 Å². The van der Waals surface area contributed by atoms with Gasteiger partial charge >= 0.3 is 6.03 Å². The number of carbonyl (C=O) groups is 1. The monoisotopic (exact) mass is 398 g/mol. The minimum atomic E-state index is -0.681. The Hall–Kier alpha value is -2.43. The predicted octanol–water partition coefficient (Wildman–Crippen LogP) is 5.96. The van der Waals surface area contributed by atoms with Crippen molar-refractivity contribution in [1.82, 2.24) is 4.90 Å². The van der Waals surface area contributed by atoms with Crippen LogP contribution in [0.25, 0.3) is 0 Å². The van der Waals surface area contributed by atoms with Crippen molar-refractivity contribution >= 4 is 11.7 Å². The molecule has 29 heavy (non-hydrogen) atoms. The lowest BCUT2D eigenvalue weighted by molar-refractivity contribution is 0.189. The molecule has 1 saturated heterocycles. The maximum absolute atomic E-state index is 14.8. The quantitative estimate of drug-likeness (QED) is 0.623. The van der Waals surface area contributed by atoms with Gasteiger partial charge in [0, 0.05) is 18.5 Å². The van der Waals surface area contributed by atoms with Crippen LogP contribution in [0.3, 0.4) is 0 Å². The summed E-state index contributed by atoms with van der Waals surface area (Å²) in [7, 11) is 0. The van der Waals surface area contributed by atoms with Crippen LogP contribution in [0.15, 0.2) is 48.5 Å². The van der Waals surface area contributed by atoms with Crippen molar-refractivity contribution in [2.45, 2.75) is 57.5 Å². The summed E-state index contributed by atoms with van der Waals surface area (Å²) in [5.41, 5.74) is 1.36. The van der Waals surface area contributed by atoms with E-state index in [4.69, 9.17) is 0 Å². The van der Waals surface area contributed by atoms with E-state index in [0.29, 0.717) is 12.5 Å². The number of nitrogens with zero attached hydrogens (tertiary/aromatic N) is 2. The number of rotatable bonds is 4. The fourth-order valence-electron chi connectivity index (χ4n) is 5.04. The first-order valence-corrected chi connectivity index (χ1v) is 10.6. The van der Waals surface area contributed by atoms with Crippen LogP contribution < -0.4 is 4.90 Å². The van der Waals surface area contributed by atoms with E-state index in [9.17, 15) is 13.6 Å². The van der Waals surface area contributed by atoms with Crippen molar-refractivity contribution in [2.24, 2.45) is 5.92 Å². The third-order valence-corrected chi connectivity index (χ3v) is 6.18. The predicted molar refractivity (Wildman–Crippen MR) is 111 cm³/mol. The van der Waals surface area contributed by atoms with E-state index in [1.54, 1.807) is 4.90 Å². The largest absolute Gasteiger partial charge is 0.325 e. The van der Waals surface area contributed by atoms with Gasteiger partial charge in [0.1, 0.15) is 11.6 Å². The average molecular weight is 398 g/mol. The van der Waals surface area contributed by atoms with Gasteiger partial charge in [0.2, 0.25) is 0 Å². The third-order valence-electron chi connectivity index (χ3n) is 6.18. The number of urea groups is 1. The molecular formula is C24H28F2N2O. The minimum absolute atomic E-state index is 0.0297. The minimum Gasteiger partial charge on any atom is -0.319 e. The van der Waals surface area contributed by atoms with Crippen LogP contribution in [-0.4, -0.2) is 29.6 Å². The zero-order valence-corrected chi connectivity index (χ0v) is 17.0. The topological polar surface area (TPSA) is 23.6 Å². The molecule has 154 valence electrons. The van der Waals surface area contributed by atoms with Gasteiger partial charge in [-0.3, -0.25) is 4.90 Å². The molecule has 0 bridgehead atoms. The highest BCUT2D eigenvalue weighted by atomic mass is 19.1. The molecule has 2 aliphatic rings. The van der Waals surface area contributed by atoms with Gasteiger partial charge in [-0.2, -0.15) is 0 Å². The molecule has 0 N–H and O–H groups in total. The lowest BCUT2D eigenvalue weighted by atomic mass is 9.85. The second-order valence-electron chi connectivity index (χ2n) is 8.65. The number of hydrogen-bond acceptors (Lipinski definition) is 1. The summed E-state index contributed by atoms with van der Waals surface area (Å²) in [6.07, 6.45) is 3.99. The molecule has 2 fully saturated rings. The lowest BCUT2D eigenvalue weighted by Crippen LogP contribution is -2.42. The highest BCUT2D eigenvalue weighted by Crippen LogP contribution is 2.44. The van der Waals surface area contributed by atoms with Gasteiger partial charge in [0.05, 0.1) is 17.8 Å². The highest BCUT2D eigenvalue weighted by Gasteiger charge is 2.51. The molecule has 0 spiro atoms. The highest BCUT2D eigenvalue weighted by molar-refractivity contribution is 5.96. The molecule has 1 saturated carbocycles. The molecular weight excluding hydrogens is 370 g/mol. The van der Waals surface area contributed by atoms with E-state index >= 15 is 0 Å². The molecule has 3 atom stereocenters. The number of amides is 2. The summed E-state index contributed by atoms with van der Waals surface area (Å²) in [6, 6.07) is 13.4. The Morgan fingerprint density at radius 3 is 2.45 bits per heavy atom. The average Bonchev–Trinajstić information content (AvgIpc) is 2.84. The summed E-state index contributed by atoms with van der Waals surface area (Å²) in [5.74, 6) is -0.876. The molecule has 3 nitrogen and oxygen atoms in total. The molecule has 5 heteroatoms. The van der Waals surface area contributed by atoms with Crippen molar-refractivity contribution in [3.05, 3.63) is 65.7 Å². The Morgan fingerprint density at radius 2 is 1.76 bits per heavy atom. The van der Waals surface area contributed by atoms with Gasteiger partial charge in [-0.05, 0) is 36.5 Å². The van der Waals surface area contributed by atoms with Crippen LogP contribution >= 0.6 is 0 Å². The van der Waals surface area contributed by atoms with Gasteiger partial charge < -0.3 is 4.90 Å². The molecule has 0 aromatic heterocycles. The third kappa shape index (κ3) is 3.75. The Labute approximate surface area is 171 Å². The molecule has 4 rings (SSSR count). The zero-order chi connectivity index (χ0) is 20.5. The van der Waals surface area contributed by atoms with Crippen molar-refractivity contribution in [3.8, 4) is 0 Å². The molecule has 0 unspecified atom stereocenters. The molecule has 2 aromatic carbocycles. The fourth-order valence-corrected chi connectivity index (χ4v) is 5.04. The molecule has 0 radical (unpaired) electrons. The Kier molecular flexibility index (Phi) is 5.57. The first-order valence-electron chi connectivity index (χ1n) is 10.6. The van der Waals surface area contributed by atoms with Crippen LogP contribution in [0, 0.1) is 17.6 Å². The zero-order valence-electron chi connectivity index (χ0n) is 17.0. The number of hydrogen-bond donors (Lipinski definition) is 0. The van der Waals surface area contributed by atoms with Crippen molar-refractivity contribution in [1.29, 1.82) is 0 Å². The van der Waals surface area contributed by atoms with Gasteiger partial charge in [-0.15, -0.1) is 0 Å². The van der Waals surface area contributed by atoms with Crippen LogP contribution in [0.5, 0.6) is 0 Å². The molecule has 2 amide bonds. The molecule has 1 aliphatic heterocycles. The van der Waals surface area contributed by atoms with Crippen molar-refractivity contribution in [2.75, 3.05) is 11.4 Å².